The SMILES string of the molecule is COc1cccc(OC)c1C(=O)C(CN)C(C)C. The zero-order chi connectivity index (χ0) is 13.7. The molecule has 2 N–H and O–H groups in total. The molecule has 0 amide bonds. The smallest absolute Gasteiger partial charge is 0.174 e. The molecule has 1 atom stereocenters. The van der Waals surface area contributed by atoms with E-state index in [1.54, 1.807) is 32.4 Å². The maximum Gasteiger partial charge on any atom is 0.174 e. The van der Waals surface area contributed by atoms with Crippen molar-refractivity contribution in [2.75, 3.05) is 20.8 Å². The predicted molar refractivity (Wildman–Crippen MR) is 71.3 cm³/mol. The third kappa shape index (κ3) is 2.82. The molecule has 0 aliphatic rings. The van der Waals surface area contributed by atoms with Crippen LogP contribution < -0.4 is 15.2 Å². The maximum absolute atomic E-state index is 12.5. The minimum atomic E-state index is -0.227. The molecular weight excluding hydrogens is 230 g/mol. The van der Waals surface area contributed by atoms with Crippen molar-refractivity contribution in [2.24, 2.45) is 17.6 Å². The van der Waals surface area contributed by atoms with Crippen LogP contribution in [0.3, 0.4) is 0 Å². The van der Waals surface area contributed by atoms with Crippen molar-refractivity contribution in [3.05, 3.63) is 23.8 Å². The van der Waals surface area contributed by atoms with E-state index >= 15 is 0 Å². The second kappa shape index (κ2) is 6.40. The Morgan fingerprint density at radius 2 is 1.72 bits per heavy atom. The van der Waals surface area contributed by atoms with Gasteiger partial charge in [0.1, 0.15) is 17.1 Å². The van der Waals surface area contributed by atoms with Crippen LogP contribution in [0.15, 0.2) is 18.2 Å². The number of ether oxygens (including phenoxy) is 2. The molecule has 1 aromatic rings. The van der Waals surface area contributed by atoms with E-state index in [0.29, 0.717) is 23.6 Å². The summed E-state index contributed by atoms with van der Waals surface area (Å²) < 4.78 is 10.5. The van der Waals surface area contributed by atoms with Crippen molar-refractivity contribution in [1.82, 2.24) is 0 Å². The number of hydrogen-bond donors (Lipinski definition) is 1. The van der Waals surface area contributed by atoms with Crippen molar-refractivity contribution >= 4 is 5.78 Å². The Morgan fingerprint density at radius 3 is 2.06 bits per heavy atom. The van der Waals surface area contributed by atoms with E-state index in [0.717, 1.165) is 0 Å². The van der Waals surface area contributed by atoms with Gasteiger partial charge in [0.25, 0.3) is 0 Å². The fourth-order valence-corrected chi connectivity index (χ4v) is 1.96. The van der Waals surface area contributed by atoms with E-state index in [-0.39, 0.29) is 17.6 Å². The van der Waals surface area contributed by atoms with Crippen LogP contribution in [-0.2, 0) is 0 Å². The molecule has 0 aromatic heterocycles. The normalized spacial score (nSPS) is 12.3. The lowest BCUT2D eigenvalue weighted by Gasteiger charge is -2.20. The second-order valence-electron chi connectivity index (χ2n) is 4.49. The summed E-state index contributed by atoms with van der Waals surface area (Å²) in [4.78, 5) is 12.5. The molecule has 18 heavy (non-hydrogen) atoms. The number of hydrogen-bond acceptors (Lipinski definition) is 4. The molecular formula is C14H21NO3. The molecule has 0 bridgehead atoms. The molecule has 0 spiro atoms. The molecule has 0 saturated carbocycles. The summed E-state index contributed by atoms with van der Waals surface area (Å²) in [7, 11) is 3.08. The molecule has 0 heterocycles. The lowest BCUT2D eigenvalue weighted by molar-refractivity contribution is 0.0885. The Kier molecular flexibility index (Phi) is 5.16. The van der Waals surface area contributed by atoms with Crippen molar-refractivity contribution in [3.63, 3.8) is 0 Å². The first-order chi connectivity index (χ1) is 8.56. The van der Waals surface area contributed by atoms with Gasteiger partial charge in [-0.15, -0.1) is 0 Å². The Bertz CT molecular complexity index is 393. The van der Waals surface area contributed by atoms with E-state index in [1.165, 1.54) is 0 Å². The molecule has 1 rings (SSSR count). The van der Waals surface area contributed by atoms with Gasteiger partial charge < -0.3 is 15.2 Å². The van der Waals surface area contributed by atoms with Gasteiger partial charge in [-0.3, -0.25) is 4.79 Å². The van der Waals surface area contributed by atoms with Gasteiger partial charge in [0.15, 0.2) is 5.78 Å². The lowest BCUT2D eigenvalue weighted by atomic mass is 9.87. The topological polar surface area (TPSA) is 61.5 Å². The summed E-state index contributed by atoms with van der Waals surface area (Å²) >= 11 is 0. The highest BCUT2D eigenvalue weighted by molar-refractivity contribution is 6.03. The Morgan fingerprint density at radius 1 is 1.22 bits per heavy atom. The van der Waals surface area contributed by atoms with Gasteiger partial charge in [-0.1, -0.05) is 19.9 Å². The first kappa shape index (κ1) is 14.5. The fourth-order valence-electron chi connectivity index (χ4n) is 1.96. The third-order valence-corrected chi connectivity index (χ3v) is 3.07. The van der Waals surface area contributed by atoms with Crippen molar-refractivity contribution < 1.29 is 14.3 Å². The van der Waals surface area contributed by atoms with Gasteiger partial charge in [0, 0.05) is 12.5 Å². The average Bonchev–Trinajstić information content (AvgIpc) is 2.37. The third-order valence-electron chi connectivity index (χ3n) is 3.07. The van der Waals surface area contributed by atoms with E-state index in [4.69, 9.17) is 15.2 Å². The maximum atomic E-state index is 12.5. The quantitative estimate of drug-likeness (QED) is 0.787. The number of rotatable bonds is 6. The number of nitrogens with two attached hydrogens (primary N) is 1. The number of benzene rings is 1. The molecule has 1 unspecified atom stereocenters. The van der Waals surface area contributed by atoms with Crippen molar-refractivity contribution in [1.29, 1.82) is 0 Å². The molecule has 1 aromatic carbocycles. The van der Waals surface area contributed by atoms with Crippen LogP contribution in [0.2, 0.25) is 0 Å². The van der Waals surface area contributed by atoms with Crippen LogP contribution in [0.25, 0.3) is 0 Å². The van der Waals surface area contributed by atoms with Gasteiger partial charge in [0.2, 0.25) is 0 Å². The lowest BCUT2D eigenvalue weighted by Crippen LogP contribution is -2.29. The highest BCUT2D eigenvalue weighted by Crippen LogP contribution is 2.32. The highest BCUT2D eigenvalue weighted by atomic mass is 16.5. The summed E-state index contributed by atoms with van der Waals surface area (Å²) in [5.74, 6) is 0.978. The summed E-state index contributed by atoms with van der Waals surface area (Å²) in [6.07, 6.45) is 0. The number of ketones is 1. The van der Waals surface area contributed by atoms with E-state index in [9.17, 15) is 4.79 Å². The van der Waals surface area contributed by atoms with Crippen LogP contribution >= 0.6 is 0 Å². The first-order valence-electron chi connectivity index (χ1n) is 6.02. The van der Waals surface area contributed by atoms with E-state index in [1.807, 2.05) is 13.8 Å². The van der Waals surface area contributed by atoms with Gasteiger partial charge in [-0.25, -0.2) is 0 Å². The minimum Gasteiger partial charge on any atom is -0.496 e. The number of methoxy groups -OCH3 is 2. The number of Topliss-reactive ketones (excluding diaryl/α,β-unsaturated/α-hetero) is 1. The summed E-state index contributed by atoms with van der Waals surface area (Å²) in [5.41, 5.74) is 6.17. The monoisotopic (exact) mass is 251 g/mol. The standard InChI is InChI=1S/C14H21NO3/c1-9(2)10(8-15)14(16)13-11(17-3)6-5-7-12(13)18-4/h5-7,9-10H,8,15H2,1-4H3. The number of carbonyl (C=O) groups is 1. The molecule has 0 radical (unpaired) electrons. The van der Waals surface area contributed by atoms with Gasteiger partial charge >= 0.3 is 0 Å². The number of carbonyl (C=O) groups excluding carboxylic acids is 1. The largest absolute Gasteiger partial charge is 0.496 e. The van der Waals surface area contributed by atoms with Crippen LogP contribution in [0.5, 0.6) is 11.5 Å². The van der Waals surface area contributed by atoms with Gasteiger partial charge in [-0.2, -0.15) is 0 Å². The summed E-state index contributed by atoms with van der Waals surface area (Å²) in [6.45, 7) is 4.28. The second-order valence-corrected chi connectivity index (χ2v) is 4.49. The fraction of sp³-hybridized carbons (Fsp3) is 0.500. The van der Waals surface area contributed by atoms with Gasteiger partial charge in [0.05, 0.1) is 14.2 Å². The summed E-state index contributed by atoms with van der Waals surface area (Å²) in [6, 6.07) is 5.30. The molecule has 4 heteroatoms. The molecule has 4 nitrogen and oxygen atoms in total. The molecule has 0 saturated heterocycles. The molecule has 0 aliphatic heterocycles. The van der Waals surface area contributed by atoms with Crippen molar-refractivity contribution in [3.8, 4) is 11.5 Å². The Labute approximate surface area is 108 Å². The molecule has 0 aliphatic carbocycles. The minimum absolute atomic E-state index is 0.0261. The van der Waals surface area contributed by atoms with Crippen molar-refractivity contribution in [2.45, 2.75) is 13.8 Å². The average molecular weight is 251 g/mol. The Balaban J connectivity index is 3.25. The van der Waals surface area contributed by atoms with Crippen LogP contribution in [0, 0.1) is 11.8 Å². The van der Waals surface area contributed by atoms with E-state index < -0.39 is 0 Å². The molecule has 0 fully saturated rings. The first-order valence-corrected chi connectivity index (χ1v) is 6.02. The Hall–Kier alpha value is -1.55. The van der Waals surface area contributed by atoms with Crippen LogP contribution in [0.4, 0.5) is 0 Å². The highest BCUT2D eigenvalue weighted by Gasteiger charge is 2.27. The zero-order valence-corrected chi connectivity index (χ0v) is 11.4. The zero-order valence-electron chi connectivity index (χ0n) is 11.4. The van der Waals surface area contributed by atoms with Gasteiger partial charge in [-0.05, 0) is 18.1 Å². The van der Waals surface area contributed by atoms with Crippen LogP contribution in [0.1, 0.15) is 24.2 Å². The summed E-state index contributed by atoms with van der Waals surface area (Å²) in [5, 5.41) is 0. The van der Waals surface area contributed by atoms with E-state index in [2.05, 4.69) is 0 Å². The molecule has 100 valence electrons. The predicted octanol–water partition coefficient (Wildman–Crippen LogP) is 2.12. The van der Waals surface area contributed by atoms with Crippen LogP contribution in [-0.4, -0.2) is 26.5 Å².